The fraction of sp³-hybridized carbons (Fsp3) is 0.350. The number of aryl methyl sites for hydroxylation is 1. The van der Waals surface area contributed by atoms with Crippen LogP contribution in [0.1, 0.15) is 46.0 Å². The van der Waals surface area contributed by atoms with Gasteiger partial charge in [0, 0.05) is 29.2 Å². The number of aromatic amines is 1. The molecule has 0 aliphatic heterocycles. The summed E-state index contributed by atoms with van der Waals surface area (Å²) in [6.07, 6.45) is -1.61. The molecule has 0 fully saturated rings. The lowest BCUT2D eigenvalue weighted by molar-refractivity contribution is -0.141. The van der Waals surface area contributed by atoms with Crippen LogP contribution in [0.5, 0.6) is 0 Å². The average molecular weight is 451 g/mol. The lowest BCUT2D eigenvalue weighted by Crippen LogP contribution is -2.21. The smallest absolute Gasteiger partial charge is 0.355 e. The van der Waals surface area contributed by atoms with E-state index in [0.717, 1.165) is 16.3 Å². The minimum absolute atomic E-state index is 0.0299. The molecule has 164 valence electrons. The van der Waals surface area contributed by atoms with E-state index in [9.17, 15) is 22.8 Å². The molecule has 0 aromatic carbocycles. The maximum absolute atomic E-state index is 13.2. The molecule has 1 N–H and O–H groups in total. The highest BCUT2D eigenvalue weighted by Crippen LogP contribution is 2.32. The number of halogens is 3. The van der Waals surface area contributed by atoms with Crippen molar-refractivity contribution in [1.82, 2.24) is 24.7 Å². The van der Waals surface area contributed by atoms with Crippen molar-refractivity contribution in [3.63, 3.8) is 0 Å². The van der Waals surface area contributed by atoms with Crippen molar-refractivity contribution in [1.29, 1.82) is 0 Å². The van der Waals surface area contributed by atoms with Gasteiger partial charge >= 0.3 is 6.18 Å². The minimum Gasteiger partial charge on any atom is -0.355 e. The molecule has 1 unspecified atom stereocenters. The number of ketones is 2. The first-order valence-corrected chi connectivity index (χ1v) is 10.2. The van der Waals surface area contributed by atoms with Crippen LogP contribution in [0.2, 0.25) is 0 Å². The van der Waals surface area contributed by atoms with Crippen molar-refractivity contribution in [2.45, 2.75) is 50.8 Å². The summed E-state index contributed by atoms with van der Waals surface area (Å²) >= 11 is 0.881. The van der Waals surface area contributed by atoms with E-state index in [-0.39, 0.29) is 28.2 Å². The Balaban J connectivity index is 1.93. The van der Waals surface area contributed by atoms with Crippen LogP contribution in [-0.2, 0) is 6.54 Å². The summed E-state index contributed by atoms with van der Waals surface area (Å²) in [7, 11) is 0. The molecule has 3 aromatic heterocycles. The third-order valence-electron chi connectivity index (χ3n) is 4.68. The largest absolute Gasteiger partial charge is 0.406 e. The lowest BCUT2D eigenvalue weighted by atomic mass is 10.0. The second-order valence-corrected chi connectivity index (χ2v) is 8.36. The number of H-pyrrole nitrogens is 1. The average Bonchev–Trinajstić information content (AvgIpc) is 3.20. The predicted molar refractivity (Wildman–Crippen MR) is 109 cm³/mol. The van der Waals surface area contributed by atoms with Crippen molar-refractivity contribution in [3.8, 4) is 11.4 Å². The summed E-state index contributed by atoms with van der Waals surface area (Å²) in [4.78, 5) is 31.6. The molecule has 3 heterocycles. The number of rotatable bonds is 7. The van der Waals surface area contributed by atoms with Gasteiger partial charge < -0.3 is 4.98 Å². The number of thioether (sulfide) groups is 1. The van der Waals surface area contributed by atoms with Crippen molar-refractivity contribution < 1.29 is 22.8 Å². The summed E-state index contributed by atoms with van der Waals surface area (Å²) in [5.41, 5.74) is 2.24. The number of hydrogen-bond donors (Lipinski definition) is 1. The number of Topliss-reactive ketones (excluding diaryl/α,β-unsaturated/α-hetero) is 2. The van der Waals surface area contributed by atoms with Gasteiger partial charge in [-0.3, -0.25) is 19.1 Å². The van der Waals surface area contributed by atoms with E-state index in [4.69, 9.17) is 0 Å². The SMILES string of the molecule is CC(=O)c1c(C)[nH]c(C(=O)C(C)Sc2nnc(-c3ccncc3)n2CC(F)(F)F)c1C. The van der Waals surface area contributed by atoms with Gasteiger partial charge in [0.1, 0.15) is 6.54 Å². The van der Waals surface area contributed by atoms with Gasteiger partial charge in [-0.05, 0) is 45.4 Å². The Morgan fingerprint density at radius 2 is 1.84 bits per heavy atom. The number of nitrogens with one attached hydrogen (secondary N) is 1. The third kappa shape index (κ3) is 4.87. The van der Waals surface area contributed by atoms with Crippen LogP contribution in [-0.4, -0.2) is 47.7 Å². The Labute approximate surface area is 180 Å². The molecule has 0 radical (unpaired) electrons. The second kappa shape index (κ2) is 8.66. The van der Waals surface area contributed by atoms with E-state index < -0.39 is 18.0 Å². The number of alkyl halides is 3. The number of pyridine rings is 1. The van der Waals surface area contributed by atoms with Gasteiger partial charge in [0.05, 0.1) is 10.9 Å². The molecule has 31 heavy (non-hydrogen) atoms. The van der Waals surface area contributed by atoms with Gasteiger partial charge in [0.2, 0.25) is 0 Å². The number of aromatic nitrogens is 5. The van der Waals surface area contributed by atoms with Crippen molar-refractivity contribution >= 4 is 23.3 Å². The summed E-state index contributed by atoms with van der Waals surface area (Å²) in [6.45, 7) is 5.05. The Bertz CT molecular complexity index is 1120. The zero-order chi connectivity index (χ0) is 22.9. The second-order valence-electron chi connectivity index (χ2n) is 7.05. The van der Waals surface area contributed by atoms with Gasteiger partial charge in [0.25, 0.3) is 0 Å². The molecule has 11 heteroatoms. The molecule has 0 saturated carbocycles. The molecule has 7 nitrogen and oxygen atoms in total. The summed E-state index contributed by atoms with van der Waals surface area (Å²) in [5, 5.41) is 7.02. The van der Waals surface area contributed by atoms with Crippen LogP contribution in [0.3, 0.4) is 0 Å². The number of hydrogen-bond acceptors (Lipinski definition) is 6. The van der Waals surface area contributed by atoms with Crippen LogP contribution in [0.25, 0.3) is 11.4 Å². The van der Waals surface area contributed by atoms with Crippen LogP contribution in [0, 0.1) is 13.8 Å². The minimum atomic E-state index is -4.50. The first-order chi connectivity index (χ1) is 14.5. The topological polar surface area (TPSA) is 93.5 Å². The van der Waals surface area contributed by atoms with Gasteiger partial charge in [-0.2, -0.15) is 13.2 Å². The predicted octanol–water partition coefficient (Wildman–Crippen LogP) is 4.41. The third-order valence-corrected chi connectivity index (χ3v) is 5.76. The van der Waals surface area contributed by atoms with E-state index in [1.165, 1.54) is 31.5 Å². The van der Waals surface area contributed by atoms with Crippen molar-refractivity contribution in [2.75, 3.05) is 0 Å². The number of carbonyl (C=O) groups is 2. The van der Waals surface area contributed by atoms with Crippen LogP contribution in [0.4, 0.5) is 13.2 Å². The molecule has 0 saturated heterocycles. The molecule has 3 aromatic rings. The molecule has 0 spiro atoms. The van der Waals surface area contributed by atoms with Crippen LogP contribution >= 0.6 is 11.8 Å². The van der Waals surface area contributed by atoms with Crippen molar-refractivity contribution in [3.05, 3.63) is 47.0 Å². The normalized spacial score (nSPS) is 12.7. The summed E-state index contributed by atoms with van der Waals surface area (Å²) < 4.78 is 40.6. The maximum Gasteiger partial charge on any atom is 0.406 e. The Kier molecular flexibility index (Phi) is 6.35. The fourth-order valence-corrected chi connectivity index (χ4v) is 4.26. The standard InChI is InChI=1S/C20H20F3N5O2S/c1-10-15(12(3)29)11(2)25-16(10)17(30)13(4)31-19-27-26-18(14-5-7-24-8-6-14)28(19)9-20(21,22)23/h5-8,13,25H,9H2,1-4H3. The monoisotopic (exact) mass is 451 g/mol. The lowest BCUT2D eigenvalue weighted by Gasteiger charge is -2.14. The first kappa shape index (κ1) is 22.7. The van der Waals surface area contributed by atoms with E-state index in [1.54, 1.807) is 20.8 Å². The van der Waals surface area contributed by atoms with E-state index in [1.807, 2.05) is 0 Å². The maximum atomic E-state index is 13.2. The van der Waals surface area contributed by atoms with Crippen molar-refractivity contribution in [2.24, 2.45) is 0 Å². The Morgan fingerprint density at radius 1 is 1.19 bits per heavy atom. The van der Waals surface area contributed by atoms with Gasteiger partial charge in [-0.15, -0.1) is 10.2 Å². The highest BCUT2D eigenvalue weighted by atomic mass is 32.2. The highest BCUT2D eigenvalue weighted by molar-refractivity contribution is 8.00. The molecular formula is C20H20F3N5O2S. The zero-order valence-corrected chi connectivity index (χ0v) is 18.1. The Hall–Kier alpha value is -2.95. The number of carbonyl (C=O) groups excluding carboxylic acids is 2. The zero-order valence-electron chi connectivity index (χ0n) is 17.2. The molecule has 1 atom stereocenters. The Morgan fingerprint density at radius 3 is 2.39 bits per heavy atom. The molecular weight excluding hydrogens is 431 g/mol. The highest BCUT2D eigenvalue weighted by Gasteiger charge is 2.33. The molecule has 0 bridgehead atoms. The molecule has 0 aliphatic rings. The molecule has 0 amide bonds. The van der Waals surface area contributed by atoms with Crippen LogP contribution < -0.4 is 0 Å². The van der Waals surface area contributed by atoms with Gasteiger partial charge in [-0.1, -0.05) is 11.8 Å². The van der Waals surface area contributed by atoms with Gasteiger partial charge in [-0.25, -0.2) is 0 Å². The summed E-state index contributed by atoms with van der Waals surface area (Å²) in [6, 6.07) is 3.07. The van der Waals surface area contributed by atoms with Crippen LogP contribution in [0.15, 0.2) is 29.7 Å². The fourth-order valence-electron chi connectivity index (χ4n) is 3.35. The molecule has 3 rings (SSSR count). The quantitative estimate of drug-likeness (QED) is 0.422. The number of nitrogens with zero attached hydrogens (tertiary/aromatic N) is 4. The summed E-state index contributed by atoms with van der Waals surface area (Å²) in [5.74, 6) is -0.477. The first-order valence-electron chi connectivity index (χ1n) is 9.31. The van der Waals surface area contributed by atoms with Gasteiger partial charge in [0.15, 0.2) is 22.5 Å². The van der Waals surface area contributed by atoms with E-state index in [0.29, 0.717) is 22.4 Å². The van der Waals surface area contributed by atoms with E-state index in [2.05, 4.69) is 20.2 Å². The van der Waals surface area contributed by atoms with E-state index >= 15 is 0 Å². The molecule has 0 aliphatic carbocycles.